The number of H-pyrrole nitrogens is 1. The molecule has 0 unspecified atom stereocenters. The Morgan fingerprint density at radius 1 is 0.923 bits per heavy atom. The summed E-state index contributed by atoms with van der Waals surface area (Å²) < 4.78 is 0. The molecule has 1 N–H and O–H groups in total. The first-order chi connectivity index (χ1) is 12.5. The van der Waals surface area contributed by atoms with Crippen LogP contribution in [0.2, 0.25) is 0 Å². The zero-order valence-electron chi connectivity index (χ0n) is 16.0. The van der Waals surface area contributed by atoms with Gasteiger partial charge in [-0.1, -0.05) is 54.6 Å². The molecule has 0 atom stereocenters. The minimum absolute atomic E-state index is 0.107. The molecule has 0 saturated heterocycles. The lowest BCUT2D eigenvalue weighted by Crippen LogP contribution is -2.15. The average molecular weight is 346 g/mol. The number of nitrogens with one attached hydrogen (secondary N) is 1. The topological polar surface area (TPSA) is 36.1 Å². The highest BCUT2D eigenvalue weighted by molar-refractivity contribution is 6.11. The number of hydrogen-bond acceptors (Lipinski definition) is 2. The molecule has 0 bridgehead atoms. The molecule has 1 aromatic heterocycles. The van der Waals surface area contributed by atoms with Gasteiger partial charge in [-0.05, 0) is 51.1 Å². The number of aromatic amines is 1. The van der Waals surface area contributed by atoms with E-state index in [1.165, 1.54) is 5.56 Å². The molecule has 0 fully saturated rings. The molecule has 3 aromatic rings. The third kappa shape index (κ3) is 3.78. The highest BCUT2D eigenvalue weighted by Gasteiger charge is 2.22. The van der Waals surface area contributed by atoms with E-state index in [9.17, 15) is 4.79 Å². The first kappa shape index (κ1) is 18.2. The summed E-state index contributed by atoms with van der Waals surface area (Å²) in [6.07, 6.45) is 0.758. The average Bonchev–Trinajstić information content (AvgIpc) is 2.88. The van der Waals surface area contributed by atoms with Crippen LogP contribution >= 0.6 is 0 Å². The third-order valence-corrected chi connectivity index (χ3v) is 4.71. The summed E-state index contributed by atoms with van der Waals surface area (Å²) in [5, 5.41) is 0. The number of benzene rings is 2. The molecule has 1 heterocycles. The van der Waals surface area contributed by atoms with E-state index in [0.717, 1.165) is 46.6 Å². The van der Waals surface area contributed by atoms with Gasteiger partial charge in [-0.2, -0.15) is 0 Å². The molecule has 0 spiro atoms. The summed E-state index contributed by atoms with van der Waals surface area (Å²) in [5.74, 6) is 0.107. The van der Waals surface area contributed by atoms with E-state index >= 15 is 0 Å². The standard InChI is InChI=1S/C23H26N2O/c1-16-21(15-25(3)4)22(17(2)24-16)23(26)20-13-9-8-12-19(20)14-18-10-6-5-7-11-18/h5-13,24H,14-15H2,1-4H3. The van der Waals surface area contributed by atoms with Crippen LogP contribution in [0, 0.1) is 13.8 Å². The zero-order valence-corrected chi connectivity index (χ0v) is 16.0. The van der Waals surface area contributed by atoms with Crippen LogP contribution in [0.5, 0.6) is 0 Å². The Morgan fingerprint density at radius 3 is 2.27 bits per heavy atom. The minimum atomic E-state index is 0.107. The SMILES string of the molecule is Cc1[nH]c(C)c(C(=O)c2ccccc2Cc2ccccc2)c1CN(C)C. The Hall–Kier alpha value is -2.65. The predicted octanol–water partition coefficient (Wildman–Crippen LogP) is 4.51. The third-order valence-electron chi connectivity index (χ3n) is 4.71. The lowest BCUT2D eigenvalue weighted by atomic mass is 9.92. The molecule has 3 heteroatoms. The van der Waals surface area contributed by atoms with Crippen molar-refractivity contribution in [2.24, 2.45) is 0 Å². The van der Waals surface area contributed by atoms with Crippen LogP contribution < -0.4 is 0 Å². The number of rotatable bonds is 6. The van der Waals surface area contributed by atoms with Crippen LogP contribution in [0.4, 0.5) is 0 Å². The van der Waals surface area contributed by atoms with E-state index in [-0.39, 0.29) is 5.78 Å². The van der Waals surface area contributed by atoms with Gasteiger partial charge in [0.1, 0.15) is 0 Å². The van der Waals surface area contributed by atoms with Crippen molar-refractivity contribution in [1.29, 1.82) is 0 Å². The van der Waals surface area contributed by atoms with E-state index in [0.29, 0.717) is 0 Å². The van der Waals surface area contributed by atoms with E-state index in [1.54, 1.807) is 0 Å². The Morgan fingerprint density at radius 2 is 1.58 bits per heavy atom. The van der Waals surface area contributed by atoms with Crippen molar-refractivity contribution in [3.63, 3.8) is 0 Å². The van der Waals surface area contributed by atoms with Gasteiger partial charge < -0.3 is 9.88 Å². The van der Waals surface area contributed by atoms with Gasteiger partial charge in [0.2, 0.25) is 0 Å². The van der Waals surface area contributed by atoms with Crippen molar-refractivity contribution in [2.75, 3.05) is 14.1 Å². The molecular weight excluding hydrogens is 320 g/mol. The van der Waals surface area contributed by atoms with Gasteiger partial charge in [0.05, 0.1) is 0 Å². The van der Waals surface area contributed by atoms with Crippen molar-refractivity contribution in [3.05, 3.63) is 93.8 Å². The van der Waals surface area contributed by atoms with Crippen LogP contribution in [0.15, 0.2) is 54.6 Å². The second-order valence-corrected chi connectivity index (χ2v) is 7.11. The van der Waals surface area contributed by atoms with Gasteiger partial charge in [-0.25, -0.2) is 0 Å². The number of ketones is 1. The molecule has 0 aliphatic carbocycles. The summed E-state index contributed by atoms with van der Waals surface area (Å²) >= 11 is 0. The molecule has 0 aliphatic heterocycles. The lowest BCUT2D eigenvalue weighted by Gasteiger charge is -2.14. The number of aryl methyl sites for hydroxylation is 2. The second-order valence-electron chi connectivity index (χ2n) is 7.11. The summed E-state index contributed by atoms with van der Waals surface area (Å²) in [6.45, 7) is 4.77. The van der Waals surface area contributed by atoms with Gasteiger partial charge in [-0.15, -0.1) is 0 Å². The van der Waals surface area contributed by atoms with Crippen molar-refractivity contribution in [3.8, 4) is 0 Å². The largest absolute Gasteiger partial charge is 0.362 e. The Kier molecular flexibility index (Phi) is 5.38. The molecule has 0 saturated carbocycles. The fraction of sp³-hybridized carbons (Fsp3) is 0.261. The van der Waals surface area contributed by atoms with Gasteiger partial charge in [0.15, 0.2) is 5.78 Å². The minimum Gasteiger partial charge on any atom is -0.362 e. The summed E-state index contributed by atoms with van der Waals surface area (Å²) in [5.41, 5.74) is 6.99. The smallest absolute Gasteiger partial charge is 0.195 e. The first-order valence-corrected chi connectivity index (χ1v) is 8.96. The fourth-order valence-corrected chi connectivity index (χ4v) is 3.50. The molecule has 0 radical (unpaired) electrons. The highest BCUT2D eigenvalue weighted by Crippen LogP contribution is 2.25. The predicted molar refractivity (Wildman–Crippen MR) is 107 cm³/mol. The second kappa shape index (κ2) is 7.71. The van der Waals surface area contributed by atoms with Crippen LogP contribution in [0.1, 0.15) is 44.0 Å². The summed E-state index contributed by atoms with van der Waals surface area (Å²) in [7, 11) is 4.05. The maximum Gasteiger partial charge on any atom is 0.195 e. The Bertz CT molecular complexity index is 907. The van der Waals surface area contributed by atoms with E-state index in [4.69, 9.17) is 0 Å². The molecule has 134 valence electrons. The lowest BCUT2D eigenvalue weighted by molar-refractivity contribution is 0.103. The molecule has 0 amide bonds. The Balaban J connectivity index is 2.02. The van der Waals surface area contributed by atoms with E-state index in [1.807, 2.05) is 64.3 Å². The van der Waals surface area contributed by atoms with Crippen LogP contribution in [-0.4, -0.2) is 29.8 Å². The maximum atomic E-state index is 13.5. The van der Waals surface area contributed by atoms with Gasteiger partial charge in [-0.3, -0.25) is 4.79 Å². The highest BCUT2D eigenvalue weighted by atomic mass is 16.1. The summed E-state index contributed by atoms with van der Waals surface area (Å²) in [4.78, 5) is 18.9. The van der Waals surface area contributed by atoms with Crippen LogP contribution in [0.3, 0.4) is 0 Å². The van der Waals surface area contributed by atoms with E-state index in [2.05, 4.69) is 28.1 Å². The molecular formula is C23H26N2O. The molecule has 26 heavy (non-hydrogen) atoms. The van der Waals surface area contributed by atoms with Crippen molar-refractivity contribution in [2.45, 2.75) is 26.8 Å². The van der Waals surface area contributed by atoms with Gasteiger partial charge in [0.25, 0.3) is 0 Å². The van der Waals surface area contributed by atoms with Crippen molar-refractivity contribution < 1.29 is 4.79 Å². The number of hydrogen-bond donors (Lipinski definition) is 1. The number of carbonyl (C=O) groups is 1. The fourth-order valence-electron chi connectivity index (χ4n) is 3.50. The van der Waals surface area contributed by atoms with Crippen molar-refractivity contribution in [1.82, 2.24) is 9.88 Å². The zero-order chi connectivity index (χ0) is 18.7. The maximum absolute atomic E-state index is 13.5. The van der Waals surface area contributed by atoms with Gasteiger partial charge >= 0.3 is 0 Å². The molecule has 2 aromatic carbocycles. The number of aromatic nitrogens is 1. The van der Waals surface area contributed by atoms with Gasteiger partial charge in [0, 0.05) is 29.1 Å². The van der Waals surface area contributed by atoms with Crippen molar-refractivity contribution >= 4 is 5.78 Å². The molecule has 3 nitrogen and oxygen atoms in total. The number of carbonyl (C=O) groups excluding carboxylic acids is 1. The first-order valence-electron chi connectivity index (χ1n) is 8.96. The van der Waals surface area contributed by atoms with E-state index < -0.39 is 0 Å². The number of nitrogens with zero attached hydrogens (tertiary/aromatic N) is 1. The summed E-state index contributed by atoms with van der Waals surface area (Å²) in [6, 6.07) is 18.2. The Labute approximate surface area is 155 Å². The molecule has 0 aliphatic rings. The molecule has 3 rings (SSSR count). The van der Waals surface area contributed by atoms with Crippen LogP contribution in [0.25, 0.3) is 0 Å². The normalized spacial score (nSPS) is 11.1. The quantitative estimate of drug-likeness (QED) is 0.666. The monoisotopic (exact) mass is 346 g/mol. The van der Waals surface area contributed by atoms with Crippen LogP contribution in [-0.2, 0) is 13.0 Å².